The van der Waals surface area contributed by atoms with E-state index in [-0.39, 0.29) is 11.9 Å². The Bertz CT molecular complexity index is 554. The number of rotatable bonds is 4. The molecule has 0 aliphatic carbocycles. The predicted octanol–water partition coefficient (Wildman–Crippen LogP) is 4.17. The van der Waals surface area contributed by atoms with Crippen LogP contribution in [0.25, 0.3) is 0 Å². The van der Waals surface area contributed by atoms with Gasteiger partial charge < -0.3 is 5.32 Å². The number of benzene rings is 2. The minimum atomic E-state index is -0.0132. The molecule has 2 aromatic rings. The first-order valence-electron chi connectivity index (χ1n) is 6.32. The van der Waals surface area contributed by atoms with E-state index in [2.05, 4.69) is 34.8 Å². The van der Waals surface area contributed by atoms with Gasteiger partial charge in [0.2, 0.25) is 0 Å². The third-order valence-corrected chi connectivity index (χ3v) is 3.97. The lowest BCUT2D eigenvalue weighted by molar-refractivity contribution is 0.0934. The van der Waals surface area contributed by atoms with Gasteiger partial charge in [-0.15, -0.1) is 0 Å². The van der Waals surface area contributed by atoms with E-state index >= 15 is 0 Å². The van der Waals surface area contributed by atoms with Crippen LogP contribution in [0.3, 0.4) is 0 Å². The van der Waals surface area contributed by atoms with Gasteiger partial charge in [-0.05, 0) is 46.7 Å². The molecule has 1 N–H and O–H groups in total. The van der Waals surface area contributed by atoms with Gasteiger partial charge in [0.15, 0.2) is 0 Å². The Labute approximate surface area is 127 Å². The number of nitrogens with one attached hydrogen (secondary N) is 1. The normalized spacial score (nSPS) is 11.9. The van der Waals surface area contributed by atoms with E-state index in [0.717, 1.165) is 21.1 Å². The molecule has 98 valence electrons. The van der Waals surface area contributed by atoms with E-state index in [1.54, 1.807) is 0 Å². The largest absolute Gasteiger partial charge is 0.345 e. The first-order chi connectivity index (χ1) is 9.22. The lowest BCUT2D eigenvalue weighted by atomic mass is 10.0. The van der Waals surface area contributed by atoms with Crippen molar-refractivity contribution >= 4 is 28.5 Å². The Balaban J connectivity index is 2.16. The summed E-state index contributed by atoms with van der Waals surface area (Å²) in [5, 5.41) is 3.10. The fourth-order valence-corrected chi connectivity index (χ4v) is 2.62. The van der Waals surface area contributed by atoms with E-state index in [4.69, 9.17) is 0 Å². The molecule has 2 rings (SSSR count). The van der Waals surface area contributed by atoms with Crippen LogP contribution in [0, 0.1) is 3.57 Å². The number of carbonyl (C=O) groups is 1. The molecule has 1 unspecified atom stereocenters. The zero-order chi connectivity index (χ0) is 13.7. The Kier molecular flexibility index (Phi) is 4.96. The summed E-state index contributed by atoms with van der Waals surface area (Å²) in [6.45, 7) is 2.08. The summed E-state index contributed by atoms with van der Waals surface area (Å²) in [6, 6.07) is 17.8. The van der Waals surface area contributed by atoms with Gasteiger partial charge in [0.25, 0.3) is 5.91 Å². The second-order valence-corrected chi connectivity index (χ2v) is 5.49. The topological polar surface area (TPSA) is 29.1 Å². The van der Waals surface area contributed by atoms with Crippen LogP contribution in [0.4, 0.5) is 0 Å². The minimum absolute atomic E-state index is 0.0132. The number of amides is 1. The average molecular weight is 365 g/mol. The van der Waals surface area contributed by atoms with Crippen molar-refractivity contribution in [1.82, 2.24) is 5.32 Å². The van der Waals surface area contributed by atoms with Crippen molar-refractivity contribution in [3.8, 4) is 0 Å². The molecule has 2 aromatic carbocycles. The van der Waals surface area contributed by atoms with Gasteiger partial charge in [0.1, 0.15) is 0 Å². The highest BCUT2D eigenvalue weighted by molar-refractivity contribution is 14.1. The van der Waals surface area contributed by atoms with Crippen LogP contribution in [-0.2, 0) is 0 Å². The molecule has 19 heavy (non-hydrogen) atoms. The summed E-state index contributed by atoms with van der Waals surface area (Å²) in [4.78, 5) is 12.3. The van der Waals surface area contributed by atoms with Crippen molar-refractivity contribution in [2.75, 3.05) is 0 Å². The molecule has 0 saturated heterocycles. The van der Waals surface area contributed by atoms with E-state index in [1.807, 2.05) is 54.6 Å². The van der Waals surface area contributed by atoms with Gasteiger partial charge in [0, 0.05) is 3.57 Å². The second-order valence-electron chi connectivity index (χ2n) is 4.32. The fourth-order valence-electron chi connectivity index (χ4n) is 1.99. The SMILES string of the molecule is CCC(NC(=O)c1ccccc1I)c1ccccc1. The Morgan fingerprint density at radius 3 is 2.37 bits per heavy atom. The Morgan fingerprint density at radius 2 is 1.74 bits per heavy atom. The molecular weight excluding hydrogens is 349 g/mol. The van der Waals surface area contributed by atoms with E-state index < -0.39 is 0 Å². The number of hydrogen-bond acceptors (Lipinski definition) is 1. The van der Waals surface area contributed by atoms with Gasteiger partial charge in [-0.2, -0.15) is 0 Å². The molecule has 0 heterocycles. The molecule has 0 radical (unpaired) electrons. The maximum atomic E-state index is 12.3. The zero-order valence-corrected chi connectivity index (χ0v) is 12.9. The summed E-state index contributed by atoms with van der Waals surface area (Å²) >= 11 is 2.19. The van der Waals surface area contributed by atoms with Crippen molar-refractivity contribution in [2.45, 2.75) is 19.4 Å². The monoisotopic (exact) mass is 365 g/mol. The summed E-state index contributed by atoms with van der Waals surface area (Å²) in [5.74, 6) is -0.0132. The fraction of sp³-hybridized carbons (Fsp3) is 0.188. The molecule has 1 atom stereocenters. The summed E-state index contributed by atoms with van der Waals surface area (Å²) < 4.78 is 0.973. The van der Waals surface area contributed by atoms with Crippen LogP contribution in [0.2, 0.25) is 0 Å². The molecule has 0 aliphatic heterocycles. The van der Waals surface area contributed by atoms with Crippen molar-refractivity contribution in [1.29, 1.82) is 0 Å². The highest BCUT2D eigenvalue weighted by Gasteiger charge is 2.15. The van der Waals surface area contributed by atoms with E-state index in [1.165, 1.54) is 0 Å². The lowest BCUT2D eigenvalue weighted by Crippen LogP contribution is -2.28. The predicted molar refractivity (Wildman–Crippen MR) is 86.1 cm³/mol. The van der Waals surface area contributed by atoms with Gasteiger partial charge >= 0.3 is 0 Å². The first kappa shape index (κ1) is 14.1. The molecule has 0 saturated carbocycles. The highest BCUT2D eigenvalue weighted by atomic mass is 127. The maximum Gasteiger partial charge on any atom is 0.252 e. The number of halogens is 1. The smallest absolute Gasteiger partial charge is 0.252 e. The lowest BCUT2D eigenvalue weighted by Gasteiger charge is -2.18. The van der Waals surface area contributed by atoms with Crippen LogP contribution in [0.15, 0.2) is 54.6 Å². The van der Waals surface area contributed by atoms with Gasteiger partial charge in [-0.3, -0.25) is 4.79 Å². The minimum Gasteiger partial charge on any atom is -0.345 e. The third kappa shape index (κ3) is 3.56. The summed E-state index contributed by atoms with van der Waals surface area (Å²) in [5.41, 5.74) is 1.88. The van der Waals surface area contributed by atoms with Crippen molar-refractivity contribution in [3.63, 3.8) is 0 Å². The standard InChI is InChI=1S/C16H16INO/c1-2-15(12-8-4-3-5-9-12)18-16(19)13-10-6-7-11-14(13)17/h3-11,15H,2H2,1H3,(H,18,19). The second kappa shape index (κ2) is 6.70. The van der Waals surface area contributed by atoms with Gasteiger partial charge in [0.05, 0.1) is 11.6 Å². The van der Waals surface area contributed by atoms with Crippen LogP contribution in [0.1, 0.15) is 35.3 Å². The Hall–Kier alpha value is -1.36. The number of carbonyl (C=O) groups excluding carboxylic acids is 1. The van der Waals surface area contributed by atoms with Crippen LogP contribution in [-0.4, -0.2) is 5.91 Å². The summed E-state index contributed by atoms with van der Waals surface area (Å²) in [7, 11) is 0. The summed E-state index contributed by atoms with van der Waals surface area (Å²) in [6.07, 6.45) is 0.874. The van der Waals surface area contributed by atoms with Crippen molar-refractivity contribution in [2.24, 2.45) is 0 Å². The van der Waals surface area contributed by atoms with E-state index in [9.17, 15) is 4.79 Å². The van der Waals surface area contributed by atoms with Crippen molar-refractivity contribution < 1.29 is 4.79 Å². The van der Waals surface area contributed by atoms with Crippen LogP contribution < -0.4 is 5.32 Å². The molecule has 0 spiro atoms. The van der Waals surface area contributed by atoms with Gasteiger partial charge in [-0.25, -0.2) is 0 Å². The molecule has 3 heteroatoms. The van der Waals surface area contributed by atoms with Gasteiger partial charge in [-0.1, -0.05) is 49.4 Å². The van der Waals surface area contributed by atoms with Crippen LogP contribution >= 0.6 is 22.6 Å². The number of hydrogen-bond donors (Lipinski definition) is 1. The molecule has 1 amide bonds. The molecule has 0 aliphatic rings. The quantitative estimate of drug-likeness (QED) is 0.810. The molecule has 2 nitrogen and oxygen atoms in total. The van der Waals surface area contributed by atoms with Crippen molar-refractivity contribution in [3.05, 3.63) is 69.3 Å². The molecular formula is C16H16INO. The highest BCUT2D eigenvalue weighted by Crippen LogP contribution is 2.18. The molecule has 0 bridgehead atoms. The third-order valence-electron chi connectivity index (χ3n) is 3.03. The first-order valence-corrected chi connectivity index (χ1v) is 7.40. The zero-order valence-electron chi connectivity index (χ0n) is 10.8. The van der Waals surface area contributed by atoms with Crippen LogP contribution in [0.5, 0.6) is 0 Å². The Morgan fingerprint density at radius 1 is 1.11 bits per heavy atom. The maximum absolute atomic E-state index is 12.3. The van der Waals surface area contributed by atoms with E-state index in [0.29, 0.717) is 0 Å². The molecule has 0 fully saturated rings. The average Bonchev–Trinajstić information content (AvgIpc) is 2.46. The molecule has 0 aromatic heterocycles.